The third kappa shape index (κ3) is 4.20. The molecule has 0 atom stereocenters. The van der Waals surface area contributed by atoms with Gasteiger partial charge in [-0.2, -0.15) is 5.10 Å². The zero-order valence-corrected chi connectivity index (χ0v) is 13.1. The summed E-state index contributed by atoms with van der Waals surface area (Å²) in [5, 5.41) is 9.84. The van der Waals surface area contributed by atoms with Gasteiger partial charge in [-0.25, -0.2) is 0 Å². The Balaban J connectivity index is 1.77. The van der Waals surface area contributed by atoms with Crippen molar-refractivity contribution in [3.63, 3.8) is 0 Å². The molecule has 0 aliphatic carbocycles. The molecule has 6 heteroatoms. The standard InChI is InChI=1S/C15H27N5O/c1-3-4-12-13(16)14(19-18-12)15(21)17-8-5-11-6-9-20(2)10-7-11/h11H,3-10,16H2,1-2H3,(H,17,21)(H,18,19). The number of aromatic amines is 1. The van der Waals surface area contributed by atoms with E-state index < -0.39 is 0 Å². The normalized spacial score (nSPS) is 17.0. The van der Waals surface area contributed by atoms with Gasteiger partial charge in [0.1, 0.15) is 0 Å². The second kappa shape index (κ2) is 7.45. The summed E-state index contributed by atoms with van der Waals surface area (Å²) in [7, 11) is 2.16. The lowest BCUT2D eigenvalue weighted by Crippen LogP contribution is -2.33. The fraction of sp³-hybridized carbons (Fsp3) is 0.733. The highest BCUT2D eigenvalue weighted by Crippen LogP contribution is 2.19. The van der Waals surface area contributed by atoms with Crippen molar-refractivity contribution in [3.05, 3.63) is 11.4 Å². The second-order valence-electron chi connectivity index (χ2n) is 6.01. The Morgan fingerprint density at radius 1 is 1.48 bits per heavy atom. The first-order chi connectivity index (χ1) is 10.1. The van der Waals surface area contributed by atoms with Gasteiger partial charge in [0.05, 0.1) is 11.4 Å². The maximum Gasteiger partial charge on any atom is 0.273 e. The second-order valence-corrected chi connectivity index (χ2v) is 6.01. The number of carbonyl (C=O) groups excluding carboxylic acids is 1. The van der Waals surface area contributed by atoms with E-state index in [-0.39, 0.29) is 5.91 Å². The lowest BCUT2D eigenvalue weighted by molar-refractivity contribution is 0.0945. The first kappa shape index (κ1) is 15.8. The number of hydrogen-bond acceptors (Lipinski definition) is 4. The number of amides is 1. The molecule has 0 aromatic carbocycles. The molecule has 0 spiro atoms. The van der Waals surface area contributed by atoms with Crippen molar-refractivity contribution in [2.24, 2.45) is 5.92 Å². The summed E-state index contributed by atoms with van der Waals surface area (Å²) in [5.41, 5.74) is 7.65. The van der Waals surface area contributed by atoms with E-state index in [1.54, 1.807) is 0 Å². The number of nitrogens with one attached hydrogen (secondary N) is 2. The molecule has 1 aliphatic rings. The van der Waals surface area contributed by atoms with E-state index in [9.17, 15) is 4.79 Å². The van der Waals surface area contributed by atoms with Crippen molar-refractivity contribution in [3.8, 4) is 0 Å². The number of nitrogen functional groups attached to an aromatic ring is 1. The summed E-state index contributed by atoms with van der Waals surface area (Å²) in [5.74, 6) is 0.549. The van der Waals surface area contributed by atoms with E-state index in [0.29, 0.717) is 23.8 Å². The summed E-state index contributed by atoms with van der Waals surface area (Å²) >= 11 is 0. The number of likely N-dealkylation sites (tertiary alicyclic amines) is 1. The van der Waals surface area contributed by atoms with Gasteiger partial charge in [-0.15, -0.1) is 0 Å². The third-order valence-corrected chi connectivity index (χ3v) is 4.27. The lowest BCUT2D eigenvalue weighted by atomic mass is 9.94. The summed E-state index contributed by atoms with van der Waals surface area (Å²) in [6.45, 7) is 5.08. The average Bonchev–Trinajstić information content (AvgIpc) is 2.83. The van der Waals surface area contributed by atoms with Crippen molar-refractivity contribution < 1.29 is 4.79 Å². The Morgan fingerprint density at radius 2 is 2.19 bits per heavy atom. The topological polar surface area (TPSA) is 87.0 Å². The first-order valence-electron chi connectivity index (χ1n) is 7.91. The minimum atomic E-state index is -0.168. The minimum Gasteiger partial charge on any atom is -0.395 e. The Labute approximate surface area is 126 Å². The van der Waals surface area contributed by atoms with Gasteiger partial charge < -0.3 is 16.0 Å². The van der Waals surface area contributed by atoms with Crippen LogP contribution in [0.4, 0.5) is 5.69 Å². The molecule has 4 N–H and O–H groups in total. The van der Waals surface area contributed by atoms with Crippen LogP contribution in [0.3, 0.4) is 0 Å². The molecule has 2 heterocycles. The molecule has 1 aromatic heterocycles. The Kier molecular flexibility index (Phi) is 5.61. The molecule has 0 bridgehead atoms. The van der Waals surface area contributed by atoms with Crippen molar-refractivity contribution in [1.29, 1.82) is 0 Å². The molecule has 1 saturated heterocycles. The molecule has 118 valence electrons. The number of anilines is 1. The smallest absolute Gasteiger partial charge is 0.273 e. The van der Waals surface area contributed by atoms with Gasteiger partial charge >= 0.3 is 0 Å². The van der Waals surface area contributed by atoms with Crippen LogP contribution >= 0.6 is 0 Å². The van der Waals surface area contributed by atoms with Crippen LogP contribution in [0.15, 0.2) is 0 Å². The molecule has 1 fully saturated rings. The van der Waals surface area contributed by atoms with Crippen molar-refractivity contribution in [2.75, 3.05) is 32.4 Å². The maximum absolute atomic E-state index is 12.1. The number of H-pyrrole nitrogens is 1. The molecule has 1 aromatic rings. The quantitative estimate of drug-likeness (QED) is 0.740. The van der Waals surface area contributed by atoms with Gasteiger partial charge in [-0.05, 0) is 51.7 Å². The molecule has 1 aliphatic heterocycles. The van der Waals surface area contributed by atoms with E-state index in [0.717, 1.165) is 38.0 Å². The SMILES string of the molecule is CCCc1[nH]nc(C(=O)NCCC2CCN(C)CC2)c1N. The van der Waals surface area contributed by atoms with Crippen molar-refractivity contribution in [2.45, 2.75) is 39.0 Å². The van der Waals surface area contributed by atoms with E-state index in [1.807, 2.05) is 0 Å². The number of aryl methyl sites for hydroxylation is 1. The highest BCUT2D eigenvalue weighted by molar-refractivity contribution is 5.97. The molecular weight excluding hydrogens is 266 g/mol. The van der Waals surface area contributed by atoms with Crippen LogP contribution in [-0.2, 0) is 6.42 Å². The first-order valence-corrected chi connectivity index (χ1v) is 7.91. The van der Waals surface area contributed by atoms with E-state index in [4.69, 9.17) is 5.73 Å². The molecule has 6 nitrogen and oxygen atoms in total. The molecule has 0 radical (unpaired) electrons. The predicted molar refractivity (Wildman–Crippen MR) is 84.2 cm³/mol. The highest BCUT2D eigenvalue weighted by Gasteiger charge is 2.19. The fourth-order valence-electron chi connectivity index (χ4n) is 2.82. The molecule has 21 heavy (non-hydrogen) atoms. The van der Waals surface area contributed by atoms with Crippen LogP contribution in [0.25, 0.3) is 0 Å². The average molecular weight is 293 g/mol. The number of aromatic nitrogens is 2. The van der Waals surface area contributed by atoms with Crippen LogP contribution in [0.1, 0.15) is 48.8 Å². The van der Waals surface area contributed by atoms with Gasteiger partial charge in [0.2, 0.25) is 0 Å². The van der Waals surface area contributed by atoms with E-state index in [2.05, 4.69) is 34.4 Å². The van der Waals surface area contributed by atoms with Gasteiger partial charge in [-0.3, -0.25) is 9.89 Å². The van der Waals surface area contributed by atoms with Crippen LogP contribution in [0.5, 0.6) is 0 Å². The molecular formula is C15H27N5O. The minimum absolute atomic E-state index is 0.168. The van der Waals surface area contributed by atoms with E-state index in [1.165, 1.54) is 12.8 Å². The molecule has 1 amide bonds. The number of rotatable bonds is 6. The zero-order valence-electron chi connectivity index (χ0n) is 13.1. The predicted octanol–water partition coefficient (Wildman–Crippen LogP) is 1.41. The van der Waals surface area contributed by atoms with Gasteiger partial charge in [0.15, 0.2) is 5.69 Å². The Morgan fingerprint density at radius 3 is 2.86 bits per heavy atom. The van der Waals surface area contributed by atoms with Gasteiger partial charge in [0.25, 0.3) is 5.91 Å². The third-order valence-electron chi connectivity index (χ3n) is 4.27. The lowest BCUT2D eigenvalue weighted by Gasteiger charge is -2.28. The maximum atomic E-state index is 12.1. The fourth-order valence-corrected chi connectivity index (χ4v) is 2.82. The van der Waals surface area contributed by atoms with Crippen LogP contribution in [-0.4, -0.2) is 47.7 Å². The Bertz CT molecular complexity index is 463. The number of carbonyl (C=O) groups is 1. The number of nitrogens with zero attached hydrogens (tertiary/aromatic N) is 2. The number of nitrogens with two attached hydrogens (primary N) is 1. The number of hydrogen-bond donors (Lipinski definition) is 3. The number of piperidine rings is 1. The Hall–Kier alpha value is -1.56. The zero-order chi connectivity index (χ0) is 15.2. The molecule has 0 unspecified atom stereocenters. The van der Waals surface area contributed by atoms with Crippen molar-refractivity contribution >= 4 is 11.6 Å². The molecule has 0 saturated carbocycles. The van der Waals surface area contributed by atoms with Gasteiger partial charge in [0, 0.05) is 6.54 Å². The summed E-state index contributed by atoms with van der Waals surface area (Å²) in [6, 6.07) is 0. The molecule has 2 rings (SSSR count). The van der Waals surface area contributed by atoms with Gasteiger partial charge in [-0.1, -0.05) is 13.3 Å². The van der Waals surface area contributed by atoms with Crippen LogP contribution < -0.4 is 11.1 Å². The van der Waals surface area contributed by atoms with Crippen LogP contribution in [0, 0.1) is 5.92 Å². The summed E-state index contributed by atoms with van der Waals surface area (Å²) in [6.07, 6.45) is 5.27. The van der Waals surface area contributed by atoms with Crippen molar-refractivity contribution in [1.82, 2.24) is 20.4 Å². The van der Waals surface area contributed by atoms with Crippen LogP contribution in [0.2, 0.25) is 0 Å². The summed E-state index contributed by atoms with van der Waals surface area (Å²) in [4.78, 5) is 14.5. The highest BCUT2D eigenvalue weighted by atomic mass is 16.1. The monoisotopic (exact) mass is 293 g/mol. The van der Waals surface area contributed by atoms with E-state index >= 15 is 0 Å². The summed E-state index contributed by atoms with van der Waals surface area (Å²) < 4.78 is 0. The largest absolute Gasteiger partial charge is 0.395 e.